The molecule has 0 aromatic heterocycles. The van der Waals surface area contributed by atoms with Crippen molar-refractivity contribution in [3.63, 3.8) is 0 Å². The number of hydrogen-bond donors (Lipinski definition) is 0. The highest BCUT2D eigenvalue weighted by Crippen LogP contribution is 2.20. The largest absolute Gasteiger partial charge is 0.427 e. The number of ether oxygens (including phenoxy) is 1. The van der Waals surface area contributed by atoms with Gasteiger partial charge in [-0.1, -0.05) is 30.3 Å². The molecule has 0 bridgehead atoms. The molecule has 1 fully saturated rings. The Balaban J connectivity index is 2.21. The van der Waals surface area contributed by atoms with Gasteiger partial charge >= 0.3 is 5.97 Å². The molecule has 5 heteroatoms. The van der Waals surface area contributed by atoms with E-state index in [9.17, 15) is 9.59 Å². The van der Waals surface area contributed by atoms with E-state index in [2.05, 4.69) is 0 Å². The van der Waals surface area contributed by atoms with Crippen molar-refractivity contribution in [3.8, 4) is 0 Å². The maximum absolute atomic E-state index is 12.0. The maximum Gasteiger partial charge on any atom is 0.334 e. The third-order valence-corrected chi connectivity index (χ3v) is 3.70. The summed E-state index contributed by atoms with van der Waals surface area (Å²) in [6.07, 6.45) is 0.480. The van der Waals surface area contributed by atoms with Crippen molar-refractivity contribution in [2.75, 3.05) is 6.54 Å². The zero-order chi connectivity index (χ0) is 13.8. The van der Waals surface area contributed by atoms with Gasteiger partial charge in [0.2, 0.25) is 5.91 Å². The molecule has 1 atom stereocenters. The molecule has 2 rings (SSSR count). The van der Waals surface area contributed by atoms with Crippen LogP contribution in [0, 0.1) is 0 Å². The molecule has 1 aliphatic heterocycles. The predicted molar refractivity (Wildman–Crippen MR) is 79.5 cm³/mol. The Bertz CT molecular complexity index is 513. The van der Waals surface area contributed by atoms with Crippen LogP contribution in [0.1, 0.15) is 12.5 Å². The molecular weight excluding hydrogens is 357 g/mol. The minimum Gasteiger partial charge on any atom is -0.427 e. The van der Waals surface area contributed by atoms with Gasteiger partial charge in [-0.25, -0.2) is 4.79 Å². The molecule has 100 valence electrons. The van der Waals surface area contributed by atoms with E-state index in [1.165, 1.54) is 6.92 Å². The second-order valence-corrected chi connectivity index (χ2v) is 4.97. The third kappa shape index (κ3) is 3.34. The van der Waals surface area contributed by atoms with Gasteiger partial charge in [0.05, 0.1) is 6.54 Å². The lowest BCUT2D eigenvalue weighted by molar-refractivity contribution is -0.157. The number of morpholine rings is 1. The fourth-order valence-electron chi connectivity index (χ4n) is 2.05. The monoisotopic (exact) mass is 371 g/mol. The molecule has 0 spiro atoms. The number of amides is 1. The number of nitrogens with zero attached hydrogens (tertiary/aromatic N) is 1. The van der Waals surface area contributed by atoms with Crippen LogP contribution >= 0.6 is 22.6 Å². The lowest BCUT2D eigenvalue weighted by Gasteiger charge is -2.34. The Hall–Kier alpha value is -1.37. The van der Waals surface area contributed by atoms with Crippen molar-refractivity contribution in [1.82, 2.24) is 4.90 Å². The summed E-state index contributed by atoms with van der Waals surface area (Å²) < 4.78 is 6.91. The first-order valence-corrected chi connectivity index (χ1v) is 7.18. The Morgan fingerprint density at radius 2 is 2.16 bits per heavy atom. The minimum absolute atomic E-state index is 0.117. The van der Waals surface area contributed by atoms with Gasteiger partial charge in [0.1, 0.15) is 11.8 Å². The van der Waals surface area contributed by atoms with E-state index in [0.29, 0.717) is 18.7 Å². The Labute approximate surface area is 125 Å². The van der Waals surface area contributed by atoms with E-state index in [-0.39, 0.29) is 11.9 Å². The minimum atomic E-state index is -0.542. The van der Waals surface area contributed by atoms with Crippen LogP contribution in [0.25, 0.3) is 0 Å². The van der Waals surface area contributed by atoms with E-state index in [4.69, 9.17) is 4.74 Å². The number of rotatable bonds is 2. The van der Waals surface area contributed by atoms with Gasteiger partial charge in [-0.2, -0.15) is 0 Å². The van der Waals surface area contributed by atoms with Crippen LogP contribution in [0.4, 0.5) is 0 Å². The number of cyclic esters (lactones) is 1. The molecule has 1 aromatic carbocycles. The van der Waals surface area contributed by atoms with Crippen molar-refractivity contribution in [2.45, 2.75) is 19.4 Å². The highest BCUT2D eigenvalue weighted by Gasteiger charge is 2.35. The molecule has 0 aliphatic carbocycles. The molecule has 19 heavy (non-hydrogen) atoms. The fourth-order valence-corrected chi connectivity index (χ4v) is 2.38. The van der Waals surface area contributed by atoms with Crippen LogP contribution in [-0.4, -0.2) is 29.4 Å². The first-order chi connectivity index (χ1) is 9.11. The molecule has 0 N–H and O–H groups in total. The van der Waals surface area contributed by atoms with Crippen LogP contribution < -0.4 is 0 Å². The smallest absolute Gasteiger partial charge is 0.334 e. The summed E-state index contributed by atoms with van der Waals surface area (Å²) in [5, 5.41) is 0. The van der Waals surface area contributed by atoms with Gasteiger partial charge in [0, 0.05) is 17.4 Å². The second kappa shape index (κ2) is 6.18. The van der Waals surface area contributed by atoms with Gasteiger partial charge in [0.25, 0.3) is 0 Å². The van der Waals surface area contributed by atoms with Crippen LogP contribution in [0.5, 0.6) is 0 Å². The Morgan fingerprint density at radius 3 is 2.74 bits per heavy atom. The average Bonchev–Trinajstić information content (AvgIpc) is 2.41. The molecule has 4 nitrogen and oxygen atoms in total. The number of esters is 1. The third-order valence-electron chi connectivity index (χ3n) is 3.00. The highest BCUT2D eigenvalue weighted by molar-refractivity contribution is 14.1. The standard InChI is InChI=1S/C14H14INO3/c1-10(17)16-9-12(8-15)19-14(18)13(16)7-11-5-3-2-4-6-11/h2-6,8,13H,7,9H2,1H3/b12-8+. The second-order valence-electron chi connectivity index (χ2n) is 4.35. The first kappa shape index (κ1) is 14.0. The van der Waals surface area contributed by atoms with Crippen molar-refractivity contribution in [2.24, 2.45) is 0 Å². The number of halogens is 1. The molecule has 1 aromatic rings. The summed E-state index contributed by atoms with van der Waals surface area (Å²) in [6.45, 7) is 1.82. The summed E-state index contributed by atoms with van der Waals surface area (Å²) in [5.74, 6) is 0.0339. The summed E-state index contributed by atoms with van der Waals surface area (Å²) >= 11 is 2.00. The van der Waals surface area contributed by atoms with Crippen LogP contribution in [0.3, 0.4) is 0 Å². The van der Waals surface area contributed by atoms with Gasteiger partial charge in [0.15, 0.2) is 0 Å². The zero-order valence-corrected chi connectivity index (χ0v) is 12.7. The molecule has 0 saturated carbocycles. The highest BCUT2D eigenvalue weighted by atomic mass is 127. The lowest BCUT2D eigenvalue weighted by atomic mass is 10.0. The Morgan fingerprint density at radius 1 is 1.47 bits per heavy atom. The van der Waals surface area contributed by atoms with Gasteiger partial charge in [-0.3, -0.25) is 4.79 Å². The molecule has 1 unspecified atom stereocenters. The van der Waals surface area contributed by atoms with Crippen molar-refractivity contribution >= 4 is 34.5 Å². The van der Waals surface area contributed by atoms with Gasteiger partial charge in [-0.15, -0.1) is 0 Å². The Kier molecular flexibility index (Phi) is 4.57. The predicted octanol–water partition coefficient (Wildman–Crippen LogP) is 2.28. The van der Waals surface area contributed by atoms with Crippen LogP contribution in [0.15, 0.2) is 40.2 Å². The molecule has 1 saturated heterocycles. The van der Waals surface area contributed by atoms with E-state index < -0.39 is 6.04 Å². The van der Waals surface area contributed by atoms with Crippen LogP contribution in [0.2, 0.25) is 0 Å². The summed E-state index contributed by atoms with van der Waals surface area (Å²) in [6, 6.07) is 9.09. The normalized spacial score (nSPS) is 21.4. The number of carbonyl (C=O) groups excluding carboxylic acids is 2. The molecular formula is C14H14INO3. The number of carbonyl (C=O) groups is 2. The zero-order valence-electron chi connectivity index (χ0n) is 10.5. The first-order valence-electron chi connectivity index (χ1n) is 5.94. The van der Waals surface area contributed by atoms with Crippen LogP contribution in [-0.2, 0) is 20.7 Å². The number of hydrogen-bond acceptors (Lipinski definition) is 3. The lowest BCUT2D eigenvalue weighted by Crippen LogP contribution is -2.51. The summed E-state index contributed by atoms with van der Waals surface area (Å²) in [7, 11) is 0. The summed E-state index contributed by atoms with van der Waals surface area (Å²) in [4.78, 5) is 25.3. The van der Waals surface area contributed by atoms with Crippen molar-refractivity contribution in [3.05, 3.63) is 45.7 Å². The quantitative estimate of drug-likeness (QED) is 0.592. The van der Waals surface area contributed by atoms with E-state index in [1.54, 1.807) is 8.98 Å². The van der Waals surface area contributed by atoms with Crippen molar-refractivity contribution in [1.29, 1.82) is 0 Å². The molecule has 1 heterocycles. The molecule has 0 radical (unpaired) electrons. The average molecular weight is 371 g/mol. The summed E-state index contributed by atoms with van der Waals surface area (Å²) in [5.41, 5.74) is 1.01. The van der Waals surface area contributed by atoms with Gasteiger partial charge < -0.3 is 9.64 Å². The van der Waals surface area contributed by atoms with E-state index in [0.717, 1.165) is 5.56 Å². The fraction of sp³-hybridized carbons (Fsp3) is 0.286. The van der Waals surface area contributed by atoms with E-state index in [1.807, 2.05) is 52.9 Å². The van der Waals surface area contributed by atoms with Crippen molar-refractivity contribution < 1.29 is 14.3 Å². The molecule has 1 aliphatic rings. The maximum atomic E-state index is 12.0. The topological polar surface area (TPSA) is 46.6 Å². The van der Waals surface area contributed by atoms with E-state index >= 15 is 0 Å². The van der Waals surface area contributed by atoms with Gasteiger partial charge in [-0.05, 0) is 28.2 Å². The number of benzene rings is 1. The SMILES string of the molecule is CC(=O)N1C/C(=C\I)OC(=O)C1Cc1ccccc1. The molecule has 1 amide bonds.